The van der Waals surface area contributed by atoms with E-state index >= 15 is 0 Å². The van der Waals surface area contributed by atoms with Crippen LogP contribution in [0.3, 0.4) is 0 Å². The Morgan fingerprint density at radius 3 is 2.92 bits per heavy atom. The fourth-order valence-corrected chi connectivity index (χ4v) is 1.22. The molecule has 1 heterocycles. The van der Waals surface area contributed by atoms with Gasteiger partial charge in [-0.2, -0.15) is 0 Å². The van der Waals surface area contributed by atoms with Gasteiger partial charge in [-0.15, -0.1) is 0 Å². The highest BCUT2D eigenvalue weighted by molar-refractivity contribution is 5.77. The van der Waals surface area contributed by atoms with E-state index in [4.69, 9.17) is 4.74 Å². The first-order valence-electron chi connectivity index (χ1n) is 4.59. The molecule has 1 atom stereocenters. The number of carbonyl (C=O) groups is 1. The van der Waals surface area contributed by atoms with Crippen molar-refractivity contribution in [1.29, 1.82) is 0 Å². The Bertz CT molecular complexity index is 151. The maximum absolute atomic E-state index is 11.1. The summed E-state index contributed by atoms with van der Waals surface area (Å²) in [6.45, 7) is 5.31. The maximum atomic E-state index is 11.1. The summed E-state index contributed by atoms with van der Waals surface area (Å²) in [6.07, 6.45) is 2.47. The normalized spacial score (nSPS) is 23.1. The van der Waals surface area contributed by atoms with E-state index in [2.05, 4.69) is 5.32 Å². The van der Waals surface area contributed by atoms with Gasteiger partial charge in [0.25, 0.3) is 0 Å². The minimum absolute atomic E-state index is 0.0754. The minimum Gasteiger partial charge on any atom is -0.376 e. The highest BCUT2D eigenvalue weighted by Gasteiger charge is 2.16. The number of hydrogen-bond donors (Lipinski definition) is 1. The summed E-state index contributed by atoms with van der Waals surface area (Å²) >= 11 is 0. The summed E-state index contributed by atoms with van der Waals surface area (Å²) in [5, 5.41) is 2.86. The van der Waals surface area contributed by atoms with Gasteiger partial charge in [0, 0.05) is 19.1 Å². The second kappa shape index (κ2) is 4.45. The molecule has 1 aliphatic heterocycles. The highest BCUT2D eigenvalue weighted by Crippen LogP contribution is 2.10. The van der Waals surface area contributed by atoms with Gasteiger partial charge in [0.2, 0.25) is 5.91 Å². The fourth-order valence-electron chi connectivity index (χ4n) is 1.22. The predicted octanol–water partition coefficient (Wildman–Crippen LogP) is 0.938. The molecule has 0 aliphatic carbocycles. The third-order valence-corrected chi connectivity index (χ3v) is 2.05. The smallest absolute Gasteiger partial charge is 0.222 e. The lowest BCUT2D eigenvalue weighted by molar-refractivity contribution is -0.124. The van der Waals surface area contributed by atoms with Crippen molar-refractivity contribution in [1.82, 2.24) is 5.32 Å². The molecular formula is C9H17NO2. The number of carbonyl (C=O) groups excluding carboxylic acids is 1. The molecule has 1 fully saturated rings. The fraction of sp³-hybridized carbons (Fsp3) is 0.889. The van der Waals surface area contributed by atoms with Crippen molar-refractivity contribution >= 4 is 5.91 Å². The topological polar surface area (TPSA) is 38.3 Å². The van der Waals surface area contributed by atoms with E-state index in [0.29, 0.717) is 6.54 Å². The van der Waals surface area contributed by atoms with Crippen LogP contribution in [0.15, 0.2) is 0 Å². The molecule has 3 nitrogen and oxygen atoms in total. The third kappa shape index (κ3) is 2.81. The van der Waals surface area contributed by atoms with Crippen molar-refractivity contribution in [3.63, 3.8) is 0 Å². The first kappa shape index (κ1) is 9.52. The number of hydrogen-bond acceptors (Lipinski definition) is 2. The molecule has 0 bridgehead atoms. The van der Waals surface area contributed by atoms with Gasteiger partial charge in [-0.3, -0.25) is 4.79 Å². The summed E-state index contributed by atoms with van der Waals surface area (Å²) in [5.41, 5.74) is 0. The van der Waals surface area contributed by atoms with Crippen LogP contribution < -0.4 is 5.32 Å². The Labute approximate surface area is 73.5 Å². The van der Waals surface area contributed by atoms with Gasteiger partial charge in [0.05, 0.1) is 6.10 Å². The Morgan fingerprint density at radius 1 is 1.67 bits per heavy atom. The van der Waals surface area contributed by atoms with Crippen molar-refractivity contribution in [3.8, 4) is 0 Å². The Balaban J connectivity index is 2.12. The lowest BCUT2D eigenvalue weighted by atomic mass is 10.2. The molecule has 0 spiro atoms. The molecule has 0 aromatic heterocycles. The molecule has 0 radical (unpaired) electrons. The molecule has 1 aliphatic rings. The molecule has 0 aromatic rings. The lowest BCUT2D eigenvalue weighted by Crippen LogP contribution is -2.34. The molecular weight excluding hydrogens is 154 g/mol. The van der Waals surface area contributed by atoms with Crippen molar-refractivity contribution in [3.05, 3.63) is 0 Å². The SMILES string of the molecule is CC(C)C(=O)NC[C@@H]1CCCO1. The van der Waals surface area contributed by atoms with Gasteiger partial charge in [0.15, 0.2) is 0 Å². The van der Waals surface area contributed by atoms with Crippen LogP contribution in [-0.4, -0.2) is 25.2 Å². The van der Waals surface area contributed by atoms with E-state index in [9.17, 15) is 4.79 Å². The van der Waals surface area contributed by atoms with Crippen LogP contribution in [0.4, 0.5) is 0 Å². The molecule has 3 heteroatoms. The van der Waals surface area contributed by atoms with E-state index in [0.717, 1.165) is 19.4 Å². The largest absolute Gasteiger partial charge is 0.376 e. The average Bonchev–Trinajstić information content (AvgIpc) is 2.51. The Hall–Kier alpha value is -0.570. The second-order valence-corrected chi connectivity index (χ2v) is 3.53. The van der Waals surface area contributed by atoms with Crippen molar-refractivity contribution in [2.45, 2.75) is 32.8 Å². The van der Waals surface area contributed by atoms with Gasteiger partial charge in [-0.25, -0.2) is 0 Å². The van der Waals surface area contributed by atoms with E-state index in [1.807, 2.05) is 13.8 Å². The van der Waals surface area contributed by atoms with E-state index in [-0.39, 0.29) is 17.9 Å². The van der Waals surface area contributed by atoms with E-state index in [1.54, 1.807) is 0 Å². The van der Waals surface area contributed by atoms with Gasteiger partial charge in [-0.1, -0.05) is 13.8 Å². The zero-order chi connectivity index (χ0) is 8.97. The second-order valence-electron chi connectivity index (χ2n) is 3.53. The first-order chi connectivity index (χ1) is 5.70. The number of ether oxygens (including phenoxy) is 1. The minimum atomic E-state index is 0.0754. The van der Waals surface area contributed by atoms with Crippen LogP contribution in [-0.2, 0) is 9.53 Å². The number of rotatable bonds is 3. The molecule has 0 saturated carbocycles. The Morgan fingerprint density at radius 2 is 2.42 bits per heavy atom. The van der Waals surface area contributed by atoms with Gasteiger partial charge >= 0.3 is 0 Å². The van der Waals surface area contributed by atoms with Crippen molar-refractivity contribution < 1.29 is 9.53 Å². The predicted molar refractivity (Wildman–Crippen MR) is 46.8 cm³/mol. The Kier molecular flexibility index (Phi) is 3.53. The van der Waals surface area contributed by atoms with Crippen LogP contribution in [0.2, 0.25) is 0 Å². The molecule has 0 unspecified atom stereocenters. The standard InChI is InChI=1S/C9H17NO2/c1-7(2)9(11)10-6-8-4-3-5-12-8/h7-8H,3-6H2,1-2H3,(H,10,11)/t8-/m0/s1. The summed E-state index contributed by atoms with van der Waals surface area (Å²) < 4.78 is 5.37. The van der Waals surface area contributed by atoms with Crippen molar-refractivity contribution in [2.75, 3.05) is 13.2 Å². The number of amides is 1. The van der Waals surface area contributed by atoms with Gasteiger partial charge in [0.1, 0.15) is 0 Å². The monoisotopic (exact) mass is 171 g/mol. The van der Waals surface area contributed by atoms with Crippen LogP contribution in [0.5, 0.6) is 0 Å². The maximum Gasteiger partial charge on any atom is 0.222 e. The summed E-state index contributed by atoms with van der Waals surface area (Å²) in [7, 11) is 0. The molecule has 0 aromatic carbocycles. The zero-order valence-electron chi connectivity index (χ0n) is 7.80. The van der Waals surface area contributed by atoms with Crippen LogP contribution in [0, 0.1) is 5.92 Å². The zero-order valence-corrected chi connectivity index (χ0v) is 7.80. The summed E-state index contributed by atoms with van der Waals surface area (Å²) in [5.74, 6) is 0.192. The molecule has 1 N–H and O–H groups in total. The molecule has 1 saturated heterocycles. The van der Waals surface area contributed by atoms with Gasteiger partial charge in [-0.05, 0) is 12.8 Å². The first-order valence-corrected chi connectivity index (χ1v) is 4.59. The van der Waals surface area contributed by atoms with Gasteiger partial charge < -0.3 is 10.1 Å². The molecule has 12 heavy (non-hydrogen) atoms. The third-order valence-electron chi connectivity index (χ3n) is 2.05. The van der Waals surface area contributed by atoms with Crippen LogP contribution in [0.25, 0.3) is 0 Å². The van der Waals surface area contributed by atoms with E-state index < -0.39 is 0 Å². The average molecular weight is 171 g/mol. The van der Waals surface area contributed by atoms with Crippen LogP contribution >= 0.6 is 0 Å². The number of nitrogens with one attached hydrogen (secondary N) is 1. The summed E-state index contributed by atoms with van der Waals surface area (Å²) in [6, 6.07) is 0. The van der Waals surface area contributed by atoms with Crippen molar-refractivity contribution in [2.24, 2.45) is 5.92 Å². The quantitative estimate of drug-likeness (QED) is 0.686. The lowest BCUT2D eigenvalue weighted by Gasteiger charge is -2.11. The molecule has 1 amide bonds. The highest BCUT2D eigenvalue weighted by atomic mass is 16.5. The van der Waals surface area contributed by atoms with E-state index in [1.165, 1.54) is 0 Å². The summed E-state index contributed by atoms with van der Waals surface area (Å²) in [4.78, 5) is 11.1. The molecule has 1 rings (SSSR count). The van der Waals surface area contributed by atoms with Crippen LogP contribution in [0.1, 0.15) is 26.7 Å². The molecule has 70 valence electrons.